The lowest BCUT2D eigenvalue weighted by molar-refractivity contribution is -0.138. The van der Waals surface area contributed by atoms with Crippen molar-refractivity contribution < 1.29 is 19.4 Å². The van der Waals surface area contributed by atoms with Crippen molar-refractivity contribution in [3.05, 3.63) is 23.8 Å². The van der Waals surface area contributed by atoms with Crippen LogP contribution in [0.25, 0.3) is 0 Å². The molecule has 0 aliphatic heterocycles. The Hall–Kier alpha value is -1.75. The van der Waals surface area contributed by atoms with Crippen molar-refractivity contribution in [3.8, 4) is 11.5 Å². The predicted octanol–water partition coefficient (Wildman–Crippen LogP) is 1.81. The van der Waals surface area contributed by atoms with Gasteiger partial charge in [0.2, 0.25) is 0 Å². The number of rotatable bonds is 6. The number of carboxylic acids is 1. The molecule has 0 spiro atoms. The number of aliphatic carboxylic acids is 1. The van der Waals surface area contributed by atoms with Gasteiger partial charge in [-0.05, 0) is 23.6 Å². The molecular weight excluding hydrogens is 234 g/mol. The molecule has 0 aliphatic rings. The molecule has 1 aromatic carbocycles. The Morgan fingerprint density at radius 1 is 1.39 bits per heavy atom. The number of hydrogen-bond donors (Lipinski definition) is 2. The summed E-state index contributed by atoms with van der Waals surface area (Å²) in [4.78, 5) is 10.8. The van der Waals surface area contributed by atoms with Crippen LogP contribution in [-0.2, 0) is 4.79 Å². The Balaban J connectivity index is 2.92. The zero-order valence-corrected chi connectivity index (χ0v) is 10.8. The number of methoxy groups -OCH3 is 1. The molecule has 1 aromatic rings. The van der Waals surface area contributed by atoms with E-state index in [0.29, 0.717) is 29.6 Å². The lowest BCUT2D eigenvalue weighted by Crippen LogP contribution is -2.20. The third-order valence-corrected chi connectivity index (χ3v) is 2.39. The van der Waals surface area contributed by atoms with Gasteiger partial charge in [-0.25, -0.2) is 0 Å². The molecule has 5 nitrogen and oxygen atoms in total. The van der Waals surface area contributed by atoms with Gasteiger partial charge in [0, 0.05) is 0 Å². The van der Waals surface area contributed by atoms with Gasteiger partial charge in [0.15, 0.2) is 11.5 Å². The summed E-state index contributed by atoms with van der Waals surface area (Å²) in [5, 5.41) is 8.85. The number of carbonyl (C=O) groups is 1. The summed E-state index contributed by atoms with van der Waals surface area (Å²) in [5.41, 5.74) is 6.02. The summed E-state index contributed by atoms with van der Waals surface area (Å²) in [7, 11) is 1.51. The molecule has 18 heavy (non-hydrogen) atoms. The van der Waals surface area contributed by atoms with Gasteiger partial charge in [0.25, 0.3) is 0 Å². The summed E-state index contributed by atoms with van der Waals surface area (Å²) in [6.07, 6.45) is 0. The van der Waals surface area contributed by atoms with Crippen molar-refractivity contribution in [1.82, 2.24) is 0 Å². The van der Waals surface area contributed by atoms with Gasteiger partial charge in [-0.1, -0.05) is 19.9 Å². The van der Waals surface area contributed by atoms with E-state index in [-0.39, 0.29) is 0 Å². The van der Waals surface area contributed by atoms with Crippen LogP contribution in [0.2, 0.25) is 0 Å². The second-order valence-electron chi connectivity index (χ2n) is 4.43. The molecule has 0 radical (unpaired) electrons. The van der Waals surface area contributed by atoms with Crippen LogP contribution in [-0.4, -0.2) is 24.8 Å². The van der Waals surface area contributed by atoms with Gasteiger partial charge in [-0.3, -0.25) is 4.79 Å². The van der Waals surface area contributed by atoms with E-state index >= 15 is 0 Å². The van der Waals surface area contributed by atoms with E-state index in [0.717, 1.165) is 0 Å². The fourth-order valence-corrected chi connectivity index (χ4v) is 1.40. The monoisotopic (exact) mass is 253 g/mol. The molecule has 0 unspecified atom stereocenters. The fourth-order valence-electron chi connectivity index (χ4n) is 1.40. The lowest BCUT2D eigenvalue weighted by atomic mass is 10.1. The van der Waals surface area contributed by atoms with Gasteiger partial charge in [-0.2, -0.15) is 0 Å². The SMILES string of the molecule is COc1cc([C@H](N)C(=O)O)ccc1OCC(C)C. The van der Waals surface area contributed by atoms with Crippen molar-refractivity contribution in [2.45, 2.75) is 19.9 Å². The summed E-state index contributed by atoms with van der Waals surface area (Å²) < 4.78 is 10.7. The topological polar surface area (TPSA) is 81.8 Å². The zero-order chi connectivity index (χ0) is 13.7. The molecule has 100 valence electrons. The van der Waals surface area contributed by atoms with Crippen LogP contribution >= 0.6 is 0 Å². The third kappa shape index (κ3) is 3.63. The molecule has 0 fully saturated rings. The Labute approximate surface area is 107 Å². The van der Waals surface area contributed by atoms with E-state index in [9.17, 15) is 4.79 Å². The minimum atomic E-state index is -1.08. The van der Waals surface area contributed by atoms with Crippen molar-refractivity contribution >= 4 is 5.97 Å². The van der Waals surface area contributed by atoms with Crippen LogP contribution in [0, 0.1) is 5.92 Å². The minimum absolute atomic E-state index is 0.399. The summed E-state index contributed by atoms with van der Waals surface area (Å²) >= 11 is 0. The van der Waals surface area contributed by atoms with Gasteiger partial charge < -0.3 is 20.3 Å². The van der Waals surface area contributed by atoms with Crippen LogP contribution in [0.15, 0.2) is 18.2 Å². The van der Waals surface area contributed by atoms with E-state index in [2.05, 4.69) is 0 Å². The Morgan fingerprint density at radius 3 is 2.56 bits per heavy atom. The summed E-state index contributed by atoms with van der Waals surface area (Å²) in [6, 6.07) is 3.85. The molecule has 0 aliphatic carbocycles. The maximum absolute atomic E-state index is 10.8. The zero-order valence-electron chi connectivity index (χ0n) is 10.8. The molecule has 0 bridgehead atoms. The largest absolute Gasteiger partial charge is 0.493 e. The Kier molecular flexibility index (Phi) is 4.97. The first-order valence-electron chi connectivity index (χ1n) is 5.74. The lowest BCUT2D eigenvalue weighted by Gasteiger charge is -2.14. The standard InChI is InChI=1S/C13H19NO4/c1-8(2)7-18-10-5-4-9(6-11(10)17-3)12(14)13(15)16/h4-6,8,12H,7,14H2,1-3H3,(H,15,16)/t12-/m0/s1. The molecule has 1 rings (SSSR count). The normalized spacial score (nSPS) is 12.3. The average molecular weight is 253 g/mol. The van der Waals surface area contributed by atoms with Gasteiger partial charge >= 0.3 is 5.97 Å². The second-order valence-corrected chi connectivity index (χ2v) is 4.43. The van der Waals surface area contributed by atoms with Crippen LogP contribution in [0.3, 0.4) is 0 Å². The molecule has 0 heterocycles. The summed E-state index contributed by atoms with van der Waals surface area (Å²) in [6.45, 7) is 4.66. The maximum atomic E-state index is 10.8. The smallest absolute Gasteiger partial charge is 0.325 e. The predicted molar refractivity (Wildman–Crippen MR) is 67.9 cm³/mol. The van der Waals surface area contributed by atoms with Gasteiger partial charge in [0.05, 0.1) is 13.7 Å². The van der Waals surface area contributed by atoms with Crippen molar-refractivity contribution in [2.75, 3.05) is 13.7 Å². The van der Waals surface area contributed by atoms with Crippen LogP contribution in [0.4, 0.5) is 0 Å². The Morgan fingerprint density at radius 2 is 2.06 bits per heavy atom. The molecule has 1 atom stereocenters. The number of hydrogen-bond acceptors (Lipinski definition) is 4. The highest BCUT2D eigenvalue weighted by molar-refractivity contribution is 5.75. The van der Waals surface area contributed by atoms with E-state index in [1.807, 2.05) is 13.8 Å². The van der Waals surface area contributed by atoms with Crippen molar-refractivity contribution in [3.63, 3.8) is 0 Å². The maximum Gasteiger partial charge on any atom is 0.325 e. The van der Waals surface area contributed by atoms with E-state index in [1.165, 1.54) is 7.11 Å². The summed E-state index contributed by atoms with van der Waals surface area (Å²) in [5.74, 6) is 0.404. The van der Waals surface area contributed by atoms with E-state index < -0.39 is 12.0 Å². The molecule has 0 saturated heterocycles. The number of benzene rings is 1. The highest BCUT2D eigenvalue weighted by Crippen LogP contribution is 2.30. The molecule has 3 N–H and O–H groups in total. The van der Waals surface area contributed by atoms with Crippen LogP contribution in [0.5, 0.6) is 11.5 Å². The van der Waals surface area contributed by atoms with Crippen LogP contribution < -0.4 is 15.2 Å². The Bertz CT molecular complexity index is 417. The van der Waals surface area contributed by atoms with Gasteiger partial charge in [-0.15, -0.1) is 0 Å². The first-order valence-corrected chi connectivity index (χ1v) is 5.74. The fraction of sp³-hybridized carbons (Fsp3) is 0.462. The molecule has 0 amide bonds. The molecule has 5 heteroatoms. The van der Waals surface area contributed by atoms with Crippen molar-refractivity contribution in [2.24, 2.45) is 11.7 Å². The molecule has 0 saturated carbocycles. The van der Waals surface area contributed by atoms with Crippen molar-refractivity contribution in [1.29, 1.82) is 0 Å². The molecular formula is C13H19NO4. The number of nitrogens with two attached hydrogens (primary N) is 1. The highest BCUT2D eigenvalue weighted by Gasteiger charge is 2.16. The second kappa shape index (κ2) is 6.26. The highest BCUT2D eigenvalue weighted by atomic mass is 16.5. The first kappa shape index (κ1) is 14.3. The number of carboxylic acid groups (broad SMARTS) is 1. The minimum Gasteiger partial charge on any atom is -0.493 e. The first-order chi connectivity index (χ1) is 8.45. The van der Waals surface area contributed by atoms with Crippen LogP contribution in [0.1, 0.15) is 25.5 Å². The molecule has 0 aromatic heterocycles. The van der Waals surface area contributed by atoms with E-state index in [1.54, 1.807) is 18.2 Å². The average Bonchev–Trinajstić information content (AvgIpc) is 2.34. The van der Waals surface area contributed by atoms with Gasteiger partial charge in [0.1, 0.15) is 6.04 Å². The quantitative estimate of drug-likeness (QED) is 0.808. The third-order valence-electron chi connectivity index (χ3n) is 2.39. The number of ether oxygens (including phenoxy) is 2. The van der Waals surface area contributed by atoms with E-state index in [4.69, 9.17) is 20.3 Å².